The molecule has 0 amide bonds. The Balaban J connectivity index is 2.56. The first-order chi connectivity index (χ1) is 7.40. The number of fused-ring (bicyclic) bond motifs is 3. The van der Waals surface area contributed by atoms with Crippen LogP contribution in [0.1, 0.15) is 12.6 Å². The van der Waals surface area contributed by atoms with Crippen LogP contribution in [0, 0.1) is 0 Å². The first-order valence-electron chi connectivity index (χ1n) is 5.15. The number of rotatable bonds is 1. The van der Waals surface area contributed by atoms with E-state index in [0.29, 0.717) is 0 Å². The molecule has 0 aliphatic carbocycles. The highest BCUT2D eigenvalue weighted by Gasteiger charge is 2.09. The molecular formula is C13H11NO. The summed E-state index contributed by atoms with van der Waals surface area (Å²) in [5.41, 5.74) is 2.98. The lowest BCUT2D eigenvalue weighted by molar-refractivity contribution is 0.668. The molecule has 3 aromatic rings. The number of para-hydroxylation sites is 1. The van der Waals surface area contributed by atoms with E-state index in [1.54, 1.807) is 0 Å². The molecule has 0 saturated heterocycles. The normalized spacial score (nSPS) is 11.3. The minimum absolute atomic E-state index is 0.931. The van der Waals surface area contributed by atoms with E-state index < -0.39 is 0 Å². The summed E-state index contributed by atoms with van der Waals surface area (Å²) in [7, 11) is 0. The van der Waals surface area contributed by atoms with Crippen LogP contribution in [-0.2, 0) is 6.42 Å². The number of hydrogen-bond donors (Lipinski definition) is 0. The Morgan fingerprint density at radius 3 is 2.87 bits per heavy atom. The summed E-state index contributed by atoms with van der Waals surface area (Å²) in [6.45, 7) is 2.11. The monoisotopic (exact) mass is 197 g/mol. The van der Waals surface area contributed by atoms with Crippen LogP contribution in [0.4, 0.5) is 0 Å². The van der Waals surface area contributed by atoms with Crippen LogP contribution in [0.5, 0.6) is 0 Å². The van der Waals surface area contributed by atoms with Crippen LogP contribution in [0.15, 0.2) is 40.9 Å². The molecule has 0 saturated carbocycles. The molecule has 2 heteroatoms. The van der Waals surface area contributed by atoms with Gasteiger partial charge in [-0.15, -0.1) is 0 Å². The summed E-state index contributed by atoms with van der Waals surface area (Å²) in [5, 5.41) is 2.33. The van der Waals surface area contributed by atoms with Gasteiger partial charge in [-0.2, -0.15) is 0 Å². The lowest BCUT2D eigenvalue weighted by atomic mass is 10.1. The molecular weight excluding hydrogens is 186 g/mol. The van der Waals surface area contributed by atoms with Gasteiger partial charge in [0.05, 0.1) is 5.69 Å². The molecule has 0 bridgehead atoms. The van der Waals surface area contributed by atoms with E-state index in [1.165, 1.54) is 0 Å². The van der Waals surface area contributed by atoms with Crippen molar-refractivity contribution in [2.24, 2.45) is 0 Å². The summed E-state index contributed by atoms with van der Waals surface area (Å²) in [4.78, 5) is 4.39. The van der Waals surface area contributed by atoms with Gasteiger partial charge in [0.1, 0.15) is 11.2 Å². The third kappa shape index (κ3) is 1.14. The highest BCUT2D eigenvalue weighted by molar-refractivity contribution is 6.05. The van der Waals surface area contributed by atoms with Gasteiger partial charge < -0.3 is 4.42 Å². The number of furan rings is 1. The number of hydrogen-bond acceptors (Lipinski definition) is 2. The second-order valence-corrected chi connectivity index (χ2v) is 3.58. The lowest BCUT2D eigenvalue weighted by Crippen LogP contribution is -1.85. The Kier molecular flexibility index (Phi) is 1.75. The van der Waals surface area contributed by atoms with Crippen molar-refractivity contribution in [1.82, 2.24) is 4.98 Å². The molecule has 1 aromatic carbocycles. The van der Waals surface area contributed by atoms with Crippen molar-refractivity contribution in [2.45, 2.75) is 13.3 Å². The third-order valence-corrected chi connectivity index (χ3v) is 2.70. The molecule has 3 rings (SSSR count). The molecule has 0 aliphatic rings. The molecule has 15 heavy (non-hydrogen) atoms. The standard InChI is InChI=1S/C13H11NO/c1-2-10-13-9-5-3-4-6-11(9)15-12(13)7-8-14-10/h3-8H,2H2,1H3. The first kappa shape index (κ1) is 8.48. The van der Waals surface area contributed by atoms with Crippen molar-refractivity contribution >= 4 is 21.9 Å². The average Bonchev–Trinajstić information content (AvgIpc) is 2.67. The highest BCUT2D eigenvalue weighted by Crippen LogP contribution is 2.29. The number of benzene rings is 1. The second-order valence-electron chi connectivity index (χ2n) is 3.58. The number of pyridine rings is 1. The maximum absolute atomic E-state index is 5.75. The Hall–Kier alpha value is -1.83. The second kappa shape index (κ2) is 3.09. The van der Waals surface area contributed by atoms with Gasteiger partial charge in [0.25, 0.3) is 0 Å². The van der Waals surface area contributed by atoms with Crippen LogP contribution in [0.2, 0.25) is 0 Å². The van der Waals surface area contributed by atoms with Gasteiger partial charge in [0, 0.05) is 17.0 Å². The van der Waals surface area contributed by atoms with E-state index in [1.807, 2.05) is 30.5 Å². The zero-order chi connectivity index (χ0) is 10.3. The third-order valence-electron chi connectivity index (χ3n) is 2.70. The number of aromatic nitrogens is 1. The fourth-order valence-corrected chi connectivity index (χ4v) is 2.01. The molecule has 0 spiro atoms. The minimum atomic E-state index is 0.931. The van der Waals surface area contributed by atoms with E-state index in [-0.39, 0.29) is 0 Å². The SMILES string of the molecule is CCc1nccc2oc3ccccc3c12. The van der Waals surface area contributed by atoms with Crippen LogP contribution in [0.3, 0.4) is 0 Å². The van der Waals surface area contributed by atoms with Crippen molar-refractivity contribution < 1.29 is 4.42 Å². The molecule has 2 heterocycles. The van der Waals surface area contributed by atoms with E-state index in [0.717, 1.165) is 34.1 Å². The average molecular weight is 197 g/mol. The zero-order valence-electron chi connectivity index (χ0n) is 8.53. The lowest BCUT2D eigenvalue weighted by Gasteiger charge is -1.96. The Morgan fingerprint density at radius 2 is 2.00 bits per heavy atom. The fourth-order valence-electron chi connectivity index (χ4n) is 2.01. The summed E-state index contributed by atoms with van der Waals surface area (Å²) < 4.78 is 5.75. The summed E-state index contributed by atoms with van der Waals surface area (Å²) >= 11 is 0. The van der Waals surface area contributed by atoms with Crippen molar-refractivity contribution in [3.05, 3.63) is 42.2 Å². The molecule has 0 N–H and O–H groups in total. The first-order valence-corrected chi connectivity index (χ1v) is 5.15. The largest absolute Gasteiger partial charge is 0.456 e. The van der Waals surface area contributed by atoms with Crippen LogP contribution >= 0.6 is 0 Å². The van der Waals surface area contributed by atoms with Crippen molar-refractivity contribution in [3.63, 3.8) is 0 Å². The summed E-state index contributed by atoms with van der Waals surface area (Å²) in [6.07, 6.45) is 2.74. The quantitative estimate of drug-likeness (QED) is 0.596. The van der Waals surface area contributed by atoms with Gasteiger partial charge in [0.15, 0.2) is 0 Å². The molecule has 0 fully saturated rings. The van der Waals surface area contributed by atoms with E-state index in [4.69, 9.17) is 4.42 Å². The van der Waals surface area contributed by atoms with E-state index >= 15 is 0 Å². The van der Waals surface area contributed by atoms with Crippen LogP contribution in [-0.4, -0.2) is 4.98 Å². The molecule has 2 nitrogen and oxygen atoms in total. The van der Waals surface area contributed by atoms with Gasteiger partial charge >= 0.3 is 0 Å². The van der Waals surface area contributed by atoms with Gasteiger partial charge in [-0.3, -0.25) is 4.98 Å². The molecule has 0 unspecified atom stereocenters. The predicted octanol–water partition coefficient (Wildman–Crippen LogP) is 3.54. The fraction of sp³-hybridized carbons (Fsp3) is 0.154. The van der Waals surface area contributed by atoms with Gasteiger partial charge in [-0.1, -0.05) is 25.1 Å². The number of nitrogens with zero attached hydrogens (tertiary/aromatic N) is 1. The Labute approximate surface area is 87.5 Å². The minimum Gasteiger partial charge on any atom is -0.456 e. The molecule has 0 atom stereocenters. The summed E-state index contributed by atoms with van der Waals surface area (Å²) in [5.74, 6) is 0. The van der Waals surface area contributed by atoms with Gasteiger partial charge in [-0.05, 0) is 18.6 Å². The van der Waals surface area contributed by atoms with E-state index in [9.17, 15) is 0 Å². The Bertz CT molecular complexity index is 625. The highest BCUT2D eigenvalue weighted by atomic mass is 16.3. The van der Waals surface area contributed by atoms with Crippen LogP contribution < -0.4 is 0 Å². The molecule has 0 aliphatic heterocycles. The van der Waals surface area contributed by atoms with Crippen molar-refractivity contribution in [3.8, 4) is 0 Å². The molecule has 2 aromatic heterocycles. The van der Waals surface area contributed by atoms with Crippen molar-refractivity contribution in [2.75, 3.05) is 0 Å². The topological polar surface area (TPSA) is 26.0 Å². The molecule has 74 valence electrons. The smallest absolute Gasteiger partial charge is 0.138 e. The summed E-state index contributed by atoms with van der Waals surface area (Å²) in [6, 6.07) is 10.0. The maximum Gasteiger partial charge on any atom is 0.138 e. The van der Waals surface area contributed by atoms with Crippen LogP contribution in [0.25, 0.3) is 21.9 Å². The Morgan fingerprint density at radius 1 is 1.13 bits per heavy atom. The molecule has 0 radical (unpaired) electrons. The van der Waals surface area contributed by atoms with E-state index in [2.05, 4.69) is 18.0 Å². The number of aryl methyl sites for hydroxylation is 1. The zero-order valence-corrected chi connectivity index (χ0v) is 8.53. The maximum atomic E-state index is 5.75. The predicted molar refractivity (Wildman–Crippen MR) is 60.9 cm³/mol. The van der Waals surface area contributed by atoms with Gasteiger partial charge in [0.2, 0.25) is 0 Å². The van der Waals surface area contributed by atoms with Gasteiger partial charge in [-0.25, -0.2) is 0 Å². The van der Waals surface area contributed by atoms with Crippen molar-refractivity contribution in [1.29, 1.82) is 0 Å².